The predicted octanol–water partition coefficient (Wildman–Crippen LogP) is -1.09. The van der Waals surface area contributed by atoms with Crippen molar-refractivity contribution in [3.05, 3.63) is 35.9 Å². The zero-order valence-electron chi connectivity index (χ0n) is 17.5. The van der Waals surface area contributed by atoms with Crippen molar-refractivity contribution in [2.75, 3.05) is 5.75 Å². The summed E-state index contributed by atoms with van der Waals surface area (Å²) >= 11 is 4.03. The number of carboxylic acids is 2. The van der Waals surface area contributed by atoms with E-state index in [9.17, 15) is 24.0 Å². The Morgan fingerprint density at radius 1 is 0.938 bits per heavy atom. The second kappa shape index (κ2) is 13.3. The minimum Gasteiger partial charge on any atom is -0.481 e. The van der Waals surface area contributed by atoms with Gasteiger partial charge in [0.1, 0.15) is 18.1 Å². The van der Waals surface area contributed by atoms with Crippen molar-refractivity contribution < 1.29 is 34.2 Å². The second-order valence-electron chi connectivity index (χ2n) is 7.10. The lowest BCUT2D eigenvalue weighted by molar-refractivity contribution is -0.141. The molecule has 0 radical (unpaired) electrons. The van der Waals surface area contributed by atoms with Crippen molar-refractivity contribution in [3.8, 4) is 0 Å². The van der Waals surface area contributed by atoms with Gasteiger partial charge in [0.25, 0.3) is 0 Å². The molecule has 12 heteroatoms. The normalized spacial score (nSPS) is 14.3. The lowest BCUT2D eigenvalue weighted by Crippen LogP contribution is -2.58. The average Bonchev–Trinajstić information content (AvgIpc) is 2.75. The molecule has 0 saturated carbocycles. The summed E-state index contributed by atoms with van der Waals surface area (Å²) in [5.41, 5.74) is 6.45. The van der Waals surface area contributed by atoms with Crippen molar-refractivity contribution in [1.29, 1.82) is 0 Å². The second-order valence-corrected chi connectivity index (χ2v) is 7.47. The van der Waals surface area contributed by atoms with E-state index in [-0.39, 0.29) is 25.0 Å². The number of hydrogen-bond donors (Lipinski definition) is 7. The third kappa shape index (κ3) is 9.35. The standard InChI is InChI=1S/C20H28N4O7S/c1-11(20(30)31)22-19(29)15(10-32)24-18(28)14(9-12-5-3-2-4-6-12)23-17(27)13(21)7-8-16(25)26/h2-6,11,13-15,32H,7-10,21H2,1H3,(H,22,29)(H,23,27)(H,24,28)(H,25,26)(H,30,31). The molecule has 3 amide bonds. The molecule has 4 atom stereocenters. The molecule has 7 N–H and O–H groups in total. The van der Waals surface area contributed by atoms with Gasteiger partial charge in [-0.05, 0) is 18.9 Å². The summed E-state index contributed by atoms with van der Waals surface area (Å²) < 4.78 is 0. The zero-order chi connectivity index (χ0) is 24.3. The fraction of sp³-hybridized carbons (Fsp3) is 0.450. The number of carboxylic acid groups (broad SMARTS) is 2. The van der Waals surface area contributed by atoms with E-state index >= 15 is 0 Å². The van der Waals surface area contributed by atoms with Crippen LogP contribution in [-0.4, -0.2) is 69.8 Å². The maximum atomic E-state index is 12.9. The van der Waals surface area contributed by atoms with E-state index in [1.807, 2.05) is 0 Å². The molecule has 1 aromatic carbocycles. The van der Waals surface area contributed by atoms with Gasteiger partial charge in [0.05, 0.1) is 6.04 Å². The number of carbonyl (C=O) groups is 5. The summed E-state index contributed by atoms with van der Waals surface area (Å²) in [4.78, 5) is 59.2. The summed E-state index contributed by atoms with van der Waals surface area (Å²) in [6.07, 6.45) is -0.347. The van der Waals surface area contributed by atoms with Crippen LogP contribution in [-0.2, 0) is 30.4 Å². The molecule has 0 aliphatic rings. The van der Waals surface area contributed by atoms with Crippen LogP contribution in [0.5, 0.6) is 0 Å². The maximum Gasteiger partial charge on any atom is 0.325 e. The van der Waals surface area contributed by atoms with Crippen molar-refractivity contribution in [2.45, 2.75) is 50.4 Å². The Labute approximate surface area is 190 Å². The lowest BCUT2D eigenvalue weighted by atomic mass is 10.0. The third-order valence-electron chi connectivity index (χ3n) is 4.47. The summed E-state index contributed by atoms with van der Waals surface area (Å²) in [5.74, 6) is -4.63. The Bertz CT molecular complexity index is 821. The number of carbonyl (C=O) groups excluding carboxylic acids is 3. The SMILES string of the molecule is CC(NC(=O)C(CS)NC(=O)C(Cc1ccccc1)NC(=O)C(N)CCC(=O)O)C(=O)O. The fourth-order valence-electron chi connectivity index (χ4n) is 2.59. The van der Waals surface area contributed by atoms with Gasteiger partial charge in [-0.15, -0.1) is 0 Å². The van der Waals surface area contributed by atoms with E-state index < -0.39 is 53.8 Å². The van der Waals surface area contributed by atoms with E-state index in [0.717, 1.165) is 5.56 Å². The van der Waals surface area contributed by atoms with E-state index in [2.05, 4.69) is 28.6 Å². The molecule has 0 fully saturated rings. The van der Waals surface area contributed by atoms with Gasteiger partial charge in [-0.25, -0.2) is 0 Å². The Morgan fingerprint density at radius 3 is 2.03 bits per heavy atom. The van der Waals surface area contributed by atoms with Crippen LogP contribution in [0.4, 0.5) is 0 Å². The predicted molar refractivity (Wildman–Crippen MR) is 118 cm³/mol. The van der Waals surface area contributed by atoms with Gasteiger partial charge >= 0.3 is 11.9 Å². The van der Waals surface area contributed by atoms with Crippen LogP contribution >= 0.6 is 12.6 Å². The number of benzene rings is 1. The highest BCUT2D eigenvalue weighted by Crippen LogP contribution is 2.06. The van der Waals surface area contributed by atoms with Crippen LogP contribution in [0, 0.1) is 0 Å². The average molecular weight is 469 g/mol. The van der Waals surface area contributed by atoms with Crippen LogP contribution in [0.1, 0.15) is 25.3 Å². The molecular formula is C20H28N4O7S. The number of nitrogens with one attached hydrogen (secondary N) is 3. The first-order valence-corrected chi connectivity index (χ1v) is 10.4. The summed E-state index contributed by atoms with van der Waals surface area (Å²) in [5, 5.41) is 24.9. The highest BCUT2D eigenvalue weighted by atomic mass is 32.1. The molecule has 32 heavy (non-hydrogen) atoms. The van der Waals surface area contributed by atoms with Crippen LogP contribution in [0.25, 0.3) is 0 Å². The largest absolute Gasteiger partial charge is 0.481 e. The minimum absolute atomic E-state index is 0.0799. The Kier molecular flexibility index (Phi) is 11.2. The summed E-state index contributed by atoms with van der Waals surface area (Å²) in [6, 6.07) is 4.19. The van der Waals surface area contributed by atoms with Gasteiger partial charge in [0.2, 0.25) is 17.7 Å². The Morgan fingerprint density at radius 2 is 1.50 bits per heavy atom. The van der Waals surface area contributed by atoms with Crippen molar-refractivity contribution >= 4 is 42.3 Å². The number of rotatable bonds is 13. The Hall–Kier alpha value is -3.12. The molecule has 0 heterocycles. The highest BCUT2D eigenvalue weighted by Gasteiger charge is 2.29. The van der Waals surface area contributed by atoms with Crippen LogP contribution in [0.2, 0.25) is 0 Å². The van der Waals surface area contributed by atoms with Gasteiger partial charge in [-0.1, -0.05) is 30.3 Å². The smallest absolute Gasteiger partial charge is 0.325 e. The molecule has 11 nitrogen and oxygen atoms in total. The number of hydrogen-bond acceptors (Lipinski definition) is 7. The van der Waals surface area contributed by atoms with Gasteiger partial charge in [-0.2, -0.15) is 12.6 Å². The first kappa shape index (κ1) is 26.9. The fourth-order valence-corrected chi connectivity index (χ4v) is 2.85. The molecule has 0 aliphatic heterocycles. The molecule has 176 valence electrons. The molecular weight excluding hydrogens is 440 g/mol. The van der Waals surface area contributed by atoms with Crippen molar-refractivity contribution in [2.24, 2.45) is 5.73 Å². The zero-order valence-corrected chi connectivity index (χ0v) is 18.4. The third-order valence-corrected chi connectivity index (χ3v) is 4.83. The molecule has 0 aliphatic carbocycles. The summed E-state index contributed by atoms with van der Waals surface area (Å²) in [6.45, 7) is 1.27. The molecule has 4 unspecified atom stereocenters. The van der Waals surface area contributed by atoms with E-state index in [1.54, 1.807) is 30.3 Å². The number of nitrogens with two attached hydrogens (primary N) is 1. The van der Waals surface area contributed by atoms with Crippen LogP contribution in [0.15, 0.2) is 30.3 Å². The Balaban J connectivity index is 2.93. The van der Waals surface area contributed by atoms with Crippen LogP contribution < -0.4 is 21.7 Å². The maximum absolute atomic E-state index is 12.9. The molecule has 1 aromatic rings. The van der Waals surface area contributed by atoms with Gasteiger partial charge in [-0.3, -0.25) is 24.0 Å². The van der Waals surface area contributed by atoms with Gasteiger partial charge < -0.3 is 31.9 Å². The lowest BCUT2D eigenvalue weighted by Gasteiger charge is -2.24. The van der Waals surface area contributed by atoms with Crippen LogP contribution in [0.3, 0.4) is 0 Å². The van der Waals surface area contributed by atoms with Gasteiger partial charge in [0, 0.05) is 18.6 Å². The first-order chi connectivity index (χ1) is 15.0. The van der Waals surface area contributed by atoms with Gasteiger partial charge in [0.15, 0.2) is 0 Å². The number of amides is 3. The molecule has 0 bridgehead atoms. The topological polar surface area (TPSA) is 188 Å². The first-order valence-electron chi connectivity index (χ1n) is 9.81. The monoisotopic (exact) mass is 468 g/mol. The van der Waals surface area contributed by atoms with Crippen molar-refractivity contribution in [3.63, 3.8) is 0 Å². The van der Waals surface area contributed by atoms with E-state index in [1.165, 1.54) is 6.92 Å². The molecule has 0 saturated heterocycles. The van der Waals surface area contributed by atoms with E-state index in [0.29, 0.717) is 0 Å². The minimum atomic E-state index is -1.24. The highest BCUT2D eigenvalue weighted by molar-refractivity contribution is 7.80. The van der Waals surface area contributed by atoms with Crippen molar-refractivity contribution in [1.82, 2.24) is 16.0 Å². The summed E-state index contributed by atoms with van der Waals surface area (Å²) in [7, 11) is 0. The molecule has 0 aromatic heterocycles. The number of aliphatic carboxylic acids is 2. The molecule has 0 spiro atoms. The number of thiol groups is 1. The molecule has 1 rings (SSSR count). The quantitative estimate of drug-likeness (QED) is 0.178. The van der Waals surface area contributed by atoms with E-state index in [4.69, 9.17) is 15.9 Å².